The Hall–Kier alpha value is -2.48. The van der Waals surface area contributed by atoms with Gasteiger partial charge in [0, 0.05) is 10.9 Å². The molecule has 2 nitrogen and oxygen atoms in total. The second-order valence-corrected chi connectivity index (χ2v) is 5.22. The molecule has 104 valence electrons. The Bertz CT molecular complexity index is 821. The summed E-state index contributed by atoms with van der Waals surface area (Å²) in [6.07, 6.45) is 0.922. The number of benzene rings is 2. The van der Waals surface area contributed by atoms with E-state index in [1.54, 1.807) is 0 Å². The predicted octanol–water partition coefficient (Wildman–Crippen LogP) is 4.34. The lowest BCUT2D eigenvalue weighted by molar-refractivity contribution is 0.103. The van der Waals surface area contributed by atoms with Gasteiger partial charge in [-0.2, -0.15) is 0 Å². The van der Waals surface area contributed by atoms with Crippen molar-refractivity contribution in [2.45, 2.75) is 20.3 Å². The van der Waals surface area contributed by atoms with E-state index >= 15 is 0 Å². The molecule has 0 N–H and O–H groups in total. The molecule has 1 heterocycles. The topological polar surface area (TPSA) is 30.0 Å². The van der Waals surface area contributed by atoms with Gasteiger partial charge in [-0.25, -0.2) is 4.98 Å². The minimum Gasteiger partial charge on any atom is -0.287 e. The molecule has 0 radical (unpaired) electrons. The van der Waals surface area contributed by atoms with Crippen LogP contribution in [0.5, 0.6) is 0 Å². The maximum Gasteiger partial charge on any atom is 0.211 e. The number of para-hydroxylation sites is 1. The maximum absolute atomic E-state index is 12.6. The smallest absolute Gasteiger partial charge is 0.211 e. The summed E-state index contributed by atoms with van der Waals surface area (Å²) < 4.78 is 0. The second-order valence-electron chi connectivity index (χ2n) is 5.22. The van der Waals surface area contributed by atoms with Crippen LogP contribution in [0.1, 0.15) is 34.1 Å². The number of hydrogen-bond acceptors (Lipinski definition) is 2. The van der Waals surface area contributed by atoms with Gasteiger partial charge in [0.15, 0.2) is 0 Å². The summed E-state index contributed by atoms with van der Waals surface area (Å²) in [5, 5.41) is 1.09. The van der Waals surface area contributed by atoms with Crippen LogP contribution in [0.3, 0.4) is 0 Å². The van der Waals surface area contributed by atoms with Crippen molar-refractivity contribution in [3.63, 3.8) is 0 Å². The molecule has 0 spiro atoms. The Labute approximate surface area is 124 Å². The molecule has 0 aliphatic rings. The van der Waals surface area contributed by atoms with Gasteiger partial charge in [0.2, 0.25) is 5.78 Å². The summed E-state index contributed by atoms with van der Waals surface area (Å²) in [4.78, 5) is 17.2. The quantitative estimate of drug-likeness (QED) is 0.666. The van der Waals surface area contributed by atoms with Gasteiger partial charge >= 0.3 is 0 Å². The summed E-state index contributed by atoms with van der Waals surface area (Å²) in [6.45, 7) is 4.10. The number of nitrogens with zero attached hydrogens (tertiary/aromatic N) is 1. The highest BCUT2D eigenvalue weighted by atomic mass is 16.1. The molecule has 0 unspecified atom stereocenters. The molecule has 3 aromatic rings. The van der Waals surface area contributed by atoms with Crippen molar-refractivity contribution in [1.82, 2.24) is 4.98 Å². The van der Waals surface area contributed by atoms with E-state index in [9.17, 15) is 4.79 Å². The highest BCUT2D eigenvalue weighted by Gasteiger charge is 2.13. The molecule has 3 rings (SSSR count). The number of rotatable bonds is 3. The molecule has 0 fully saturated rings. The van der Waals surface area contributed by atoms with E-state index in [1.807, 2.05) is 61.5 Å². The first-order chi connectivity index (χ1) is 10.2. The first-order valence-electron chi connectivity index (χ1n) is 7.19. The molecule has 0 amide bonds. The van der Waals surface area contributed by atoms with Gasteiger partial charge in [0.25, 0.3) is 0 Å². The minimum absolute atomic E-state index is 0.0147. The Kier molecular flexibility index (Phi) is 3.53. The Morgan fingerprint density at radius 3 is 2.67 bits per heavy atom. The van der Waals surface area contributed by atoms with Crippen LogP contribution in [0.2, 0.25) is 0 Å². The van der Waals surface area contributed by atoms with Crippen LogP contribution in [-0.4, -0.2) is 10.8 Å². The molecular weight excluding hydrogens is 258 g/mol. The zero-order valence-corrected chi connectivity index (χ0v) is 12.3. The molecule has 0 aliphatic carbocycles. The Morgan fingerprint density at radius 1 is 1.05 bits per heavy atom. The van der Waals surface area contributed by atoms with Crippen molar-refractivity contribution in [2.75, 3.05) is 0 Å². The molecule has 0 atom stereocenters. The summed E-state index contributed by atoms with van der Waals surface area (Å²) in [7, 11) is 0. The van der Waals surface area contributed by atoms with Gasteiger partial charge in [0.1, 0.15) is 5.69 Å². The van der Waals surface area contributed by atoms with Crippen molar-refractivity contribution in [2.24, 2.45) is 0 Å². The molecule has 1 aromatic heterocycles. The van der Waals surface area contributed by atoms with E-state index in [0.717, 1.165) is 22.9 Å². The molecule has 0 saturated heterocycles. The first-order valence-corrected chi connectivity index (χ1v) is 7.19. The van der Waals surface area contributed by atoms with E-state index in [4.69, 9.17) is 0 Å². The van der Waals surface area contributed by atoms with Gasteiger partial charge < -0.3 is 0 Å². The van der Waals surface area contributed by atoms with Crippen LogP contribution < -0.4 is 0 Å². The van der Waals surface area contributed by atoms with E-state index < -0.39 is 0 Å². The van der Waals surface area contributed by atoms with Crippen LogP contribution in [0.4, 0.5) is 0 Å². The number of aromatic nitrogens is 1. The number of hydrogen-bond donors (Lipinski definition) is 0. The Balaban J connectivity index is 2.09. The van der Waals surface area contributed by atoms with Crippen molar-refractivity contribution in [3.05, 3.63) is 77.0 Å². The average Bonchev–Trinajstić information content (AvgIpc) is 2.54. The number of ketones is 1. The Morgan fingerprint density at radius 2 is 1.86 bits per heavy atom. The van der Waals surface area contributed by atoms with Gasteiger partial charge in [-0.3, -0.25) is 4.79 Å². The molecule has 2 aromatic carbocycles. The van der Waals surface area contributed by atoms with Crippen LogP contribution in [-0.2, 0) is 6.42 Å². The highest BCUT2D eigenvalue weighted by molar-refractivity contribution is 6.09. The average molecular weight is 275 g/mol. The highest BCUT2D eigenvalue weighted by Crippen LogP contribution is 2.19. The van der Waals surface area contributed by atoms with Crippen molar-refractivity contribution in [3.8, 4) is 0 Å². The zero-order valence-electron chi connectivity index (χ0n) is 12.3. The maximum atomic E-state index is 12.6. The number of pyridine rings is 1. The standard InChI is InChI=1S/C19H17NO/c1-3-14-7-6-8-15(12-14)19(21)18-11-13(2)16-9-4-5-10-17(16)20-18/h4-12H,3H2,1-2H3. The van der Waals surface area contributed by atoms with Crippen LogP contribution >= 0.6 is 0 Å². The molecule has 0 bridgehead atoms. The fourth-order valence-electron chi connectivity index (χ4n) is 2.55. The summed E-state index contributed by atoms with van der Waals surface area (Å²) in [5.41, 5.74) is 4.33. The fraction of sp³-hybridized carbons (Fsp3) is 0.158. The number of carbonyl (C=O) groups excluding carboxylic acids is 1. The van der Waals surface area contributed by atoms with Gasteiger partial charge in [-0.1, -0.05) is 43.3 Å². The summed E-state index contributed by atoms with van der Waals surface area (Å²) >= 11 is 0. The third kappa shape index (κ3) is 2.57. The van der Waals surface area contributed by atoms with Crippen LogP contribution in [0, 0.1) is 6.92 Å². The van der Waals surface area contributed by atoms with Crippen LogP contribution in [0.15, 0.2) is 54.6 Å². The van der Waals surface area contributed by atoms with Crippen LogP contribution in [0.25, 0.3) is 10.9 Å². The molecular formula is C19H17NO. The lowest BCUT2D eigenvalue weighted by Crippen LogP contribution is -2.05. The zero-order chi connectivity index (χ0) is 14.8. The van der Waals surface area contributed by atoms with E-state index in [0.29, 0.717) is 11.3 Å². The largest absolute Gasteiger partial charge is 0.287 e. The lowest BCUT2D eigenvalue weighted by Gasteiger charge is -2.07. The number of fused-ring (bicyclic) bond motifs is 1. The second kappa shape index (κ2) is 5.49. The van der Waals surface area contributed by atoms with Gasteiger partial charge in [-0.05, 0) is 42.7 Å². The SMILES string of the molecule is CCc1cccc(C(=O)c2cc(C)c3ccccc3n2)c1. The van der Waals surface area contributed by atoms with E-state index in [-0.39, 0.29) is 5.78 Å². The summed E-state index contributed by atoms with van der Waals surface area (Å²) in [5.74, 6) is -0.0147. The fourth-order valence-corrected chi connectivity index (χ4v) is 2.55. The van der Waals surface area contributed by atoms with Crippen molar-refractivity contribution >= 4 is 16.7 Å². The number of carbonyl (C=O) groups is 1. The lowest BCUT2D eigenvalue weighted by atomic mass is 10.0. The third-order valence-electron chi connectivity index (χ3n) is 3.75. The monoisotopic (exact) mass is 275 g/mol. The molecule has 0 saturated carbocycles. The molecule has 21 heavy (non-hydrogen) atoms. The molecule has 0 aliphatic heterocycles. The number of aryl methyl sites for hydroxylation is 2. The van der Waals surface area contributed by atoms with Crippen molar-refractivity contribution in [1.29, 1.82) is 0 Å². The normalized spacial score (nSPS) is 10.8. The minimum atomic E-state index is -0.0147. The first kappa shape index (κ1) is 13.5. The third-order valence-corrected chi connectivity index (χ3v) is 3.75. The van der Waals surface area contributed by atoms with E-state index in [2.05, 4.69) is 11.9 Å². The predicted molar refractivity (Wildman–Crippen MR) is 85.7 cm³/mol. The van der Waals surface area contributed by atoms with Crippen molar-refractivity contribution < 1.29 is 4.79 Å². The summed E-state index contributed by atoms with van der Waals surface area (Å²) in [6, 6.07) is 17.6. The van der Waals surface area contributed by atoms with Gasteiger partial charge in [0.05, 0.1) is 5.52 Å². The van der Waals surface area contributed by atoms with E-state index in [1.165, 1.54) is 5.56 Å². The molecule has 2 heteroatoms. The van der Waals surface area contributed by atoms with Gasteiger partial charge in [-0.15, -0.1) is 0 Å².